The Morgan fingerprint density at radius 2 is 2.00 bits per heavy atom. The number of hydrogen-bond acceptors (Lipinski definition) is 4. The largest absolute Gasteiger partial charge is 0.465 e. The molecule has 0 saturated carbocycles. The average Bonchev–Trinajstić information content (AvgIpc) is 2.68. The maximum Gasteiger partial charge on any atom is 0.326 e. The van der Waals surface area contributed by atoms with Crippen LogP contribution in [0.3, 0.4) is 0 Å². The summed E-state index contributed by atoms with van der Waals surface area (Å²) < 4.78 is 4.73. The predicted octanol–water partition coefficient (Wildman–Crippen LogP) is 0.843. The van der Waals surface area contributed by atoms with Crippen molar-refractivity contribution in [3.8, 4) is 0 Å². The van der Waals surface area contributed by atoms with E-state index in [4.69, 9.17) is 4.74 Å². The lowest BCUT2D eigenvalue weighted by atomic mass is 10.1. The molecule has 1 aliphatic heterocycles. The number of nitrogens with zero attached hydrogens (tertiary/aromatic N) is 1. The van der Waals surface area contributed by atoms with Crippen molar-refractivity contribution in [3.63, 3.8) is 0 Å². The van der Waals surface area contributed by atoms with Crippen molar-refractivity contribution >= 4 is 17.9 Å². The molecule has 6 heteroatoms. The molecule has 1 saturated heterocycles. The number of imide groups is 1. The summed E-state index contributed by atoms with van der Waals surface area (Å²) >= 11 is 0. The number of hydrogen-bond donors (Lipinski definition) is 1. The van der Waals surface area contributed by atoms with E-state index in [9.17, 15) is 14.4 Å². The summed E-state index contributed by atoms with van der Waals surface area (Å²) in [6, 6.07) is 7.56. The summed E-state index contributed by atoms with van der Waals surface area (Å²) in [6.45, 7) is 1.52. The van der Waals surface area contributed by atoms with Gasteiger partial charge in [0.05, 0.1) is 6.61 Å². The molecular formula is C13H14N2O4. The van der Waals surface area contributed by atoms with Gasteiger partial charge in [0.1, 0.15) is 12.6 Å². The van der Waals surface area contributed by atoms with Gasteiger partial charge in [0.15, 0.2) is 0 Å². The lowest BCUT2D eigenvalue weighted by Gasteiger charge is -2.11. The zero-order chi connectivity index (χ0) is 13.8. The zero-order valence-corrected chi connectivity index (χ0v) is 10.5. The number of carbonyl (C=O) groups is 3. The highest BCUT2D eigenvalue weighted by molar-refractivity contribution is 6.06. The smallest absolute Gasteiger partial charge is 0.326 e. The van der Waals surface area contributed by atoms with E-state index in [-0.39, 0.29) is 13.2 Å². The van der Waals surface area contributed by atoms with E-state index < -0.39 is 23.9 Å². The monoisotopic (exact) mass is 262 g/mol. The first kappa shape index (κ1) is 13.1. The minimum Gasteiger partial charge on any atom is -0.465 e. The van der Waals surface area contributed by atoms with Crippen LogP contribution in [-0.2, 0) is 14.3 Å². The number of esters is 1. The van der Waals surface area contributed by atoms with Gasteiger partial charge in [0.2, 0.25) is 0 Å². The number of urea groups is 1. The predicted molar refractivity (Wildman–Crippen MR) is 66.1 cm³/mol. The molecule has 19 heavy (non-hydrogen) atoms. The van der Waals surface area contributed by atoms with Crippen LogP contribution in [0.1, 0.15) is 18.5 Å². The van der Waals surface area contributed by atoms with Crippen LogP contribution in [-0.4, -0.2) is 36.0 Å². The number of nitrogens with one attached hydrogen (secondary N) is 1. The summed E-state index contributed by atoms with van der Waals surface area (Å²) in [5.74, 6) is -1.04. The molecule has 1 heterocycles. The Bertz CT molecular complexity index is 501. The van der Waals surface area contributed by atoms with Gasteiger partial charge >= 0.3 is 12.0 Å². The van der Waals surface area contributed by atoms with Gasteiger partial charge in [-0.15, -0.1) is 0 Å². The third-order valence-corrected chi connectivity index (χ3v) is 2.75. The lowest BCUT2D eigenvalue weighted by Crippen LogP contribution is -2.36. The summed E-state index contributed by atoms with van der Waals surface area (Å²) in [5, 5.41) is 2.55. The first-order valence-corrected chi connectivity index (χ1v) is 5.96. The van der Waals surface area contributed by atoms with E-state index in [1.807, 2.05) is 6.07 Å². The van der Waals surface area contributed by atoms with E-state index in [2.05, 4.69) is 5.32 Å². The maximum absolute atomic E-state index is 12.1. The lowest BCUT2D eigenvalue weighted by molar-refractivity contribution is -0.146. The Balaban J connectivity index is 2.11. The topological polar surface area (TPSA) is 75.7 Å². The first-order valence-electron chi connectivity index (χ1n) is 5.96. The molecule has 1 aromatic carbocycles. The molecule has 0 spiro atoms. The Kier molecular flexibility index (Phi) is 3.79. The Morgan fingerprint density at radius 1 is 1.32 bits per heavy atom. The van der Waals surface area contributed by atoms with Crippen LogP contribution < -0.4 is 5.32 Å². The fourth-order valence-electron chi connectivity index (χ4n) is 1.88. The number of ether oxygens (including phenoxy) is 1. The van der Waals surface area contributed by atoms with Crippen molar-refractivity contribution in [1.29, 1.82) is 0 Å². The molecule has 1 atom stereocenters. The molecule has 0 radical (unpaired) electrons. The summed E-state index contributed by atoms with van der Waals surface area (Å²) in [5.41, 5.74) is 0.687. The number of carbonyl (C=O) groups excluding carboxylic acids is 3. The van der Waals surface area contributed by atoms with Crippen LogP contribution in [0, 0.1) is 0 Å². The van der Waals surface area contributed by atoms with Gasteiger partial charge in [0, 0.05) is 0 Å². The van der Waals surface area contributed by atoms with Crippen molar-refractivity contribution in [1.82, 2.24) is 10.2 Å². The highest BCUT2D eigenvalue weighted by atomic mass is 16.5. The molecular weight excluding hydrogens is 248 g/mol. The normalized spacial score (nSPS) is 18.4. The molecule has 6 nitrogen and oxygen atoms in total. The van der Waals surface area contributed by atoms with Crippen molar-refractivity contribution < 1.29 is 19.1 Å². The molecule has 1 fully saturated rings. The van der Waals surface area contributed by atoms with E-state index in [0.717, 1.165) is 4.90 Å². The van der Waals surface area contributed by atoms with Crippen molar-refractivity contribution in [2.45, 2.75) is 13.0 Å². The molecule has 1 N–H and O–H groups in total. The van der Waals surface area contributed by atoms with Crippen LogP contribution in [0.25, 0.3) is 0 Å². The van der Waals surface area contributed by atoms with E-state index >= 15 is 0 Å². The van der Waals surface area contributed by atoms with Gasteiger partial charge in [-0.05, 0) is 12.5 Å². The third-order valence-electron chi connectivity index (χ3n) is 2.75. The highest BCUT2D eigenvalue weighted by Gasteiger charge is 2.39. The SMILES string of the molecule is CCOC(=O)CN1C(=O)NC(c2ccccc2)C1=O. The van der Waals surface area contributed by atoms with Gasteiger partial charge < -0.3 is 10.1 Å². The molecule has 0 aromatic heterocycles. The van der Waals surface area contributed by atoms with Gasteiger partial charge in [-0.2, -0.15) is 0 Å². The number of rotatable bonds is 4. The van der Waals surface area contributed by atoms with Crippen molar-refractivity contribution in [3.05, 3.63) is 35.9 Å². The Hall–Kier alpha value is -2.37. The van der Waals surface area contributed by atoms with E-state index in [1.54, 1.807) is 31.2 Å². The highest BCUT2D eigenvalue weighted by Crippen LogP contribution is 2.21. The molecule has 2 rings (SSSR count). The second-order valence-corrected chi connectivity index (χ2v) is 4.02. The summed E-state index contributed by atoms with van der Waals surface area (Å²) in [4.78, 5) is 36.0. The van der Waals surface area contributed by atoms with E-state index in [1.165, 1.54) is 0 Å². The number of benzene rings is 1. The van der Waals surface area contributed by atoms with Crippen LogP contribution in [0.2, 0.25) is 0 Å². The summed E-state index contributed by atoms with van der Waals surface area (Å²) in [6.07, 6.45) is 0. The second kappa shape index (κ2) is 5.51. The fourth-order valence-corrected chi connectivity index (χ4v) is 1.88. The molecule has 100 valence electrons. The molecule has 0 bridgehead atoms. The van der Waals surface area contributed by atoms with Gasteiger partial charge in [0.25, 0.3) is 5.91 Å². The molecule has 1 aliphatic rings. The van der Waals surface area contributed by atoms with Gasteiger partial charge in [-0.3, -0.25) is 14.5 Å². The molecule has 1 unspecified atom stereocenters. The maximum atomic E-state index is 12.1. The number of amides is 3. The fraction of sp³-hybridized carbons (Fsp3) is 0.308. The van der Waals surface area contributed by atoms with Crippen molar-refractivity contribution in [2.75, 3.05) is 13.2 Å². The van der Waals surface area contributed by atoms with Gasteiger partial charge in [-0.1, -0.05) is 30.3 Å². The quantitative estimate of drug-likeness (QED) is 0.644. The minimum absolute atomic E-state index is 0.213. The third kappa shape index (κ3) is 2.73. The molecule has 0 aliphatic carbocycles. The first-order chi connectivity index (χ1) is 9.13. The Labute approximate surface area is 110 Å². The molecule has 3 amide bonds. The van der Waals surface area contributed by atoms with E-state index in [0.29, 0.717) is 5.56 Å². The molecule has 1 aromatic rings. The average molecular weight is 262 g/mol. The summed E-state index contributed by atoms with van der Waals surface area (Å²) in [7, 11) is 0. The second-order valence-electron chi connectivity index (χ2n) is 4.02. The van der Waals surface area contributed by atoms with Crippen molar-refractivity contribution in [2.24, 2.45) is 0 Å². The van der Waals surface area contributed by atoms with Crippen LogP contribution in [0.5, 0.6) is 0 Å². The van der Waals surface area contributed by atoms with Crippen LogP contribution in [0.4, 0.5) is 4.79 Å². The minimum atomic E-state index is -0.733. The standard InChI is InChI=1S/C13H14N2O4/c1-2-19-10(16)8-15-12(17)11(14-13(15)18)9-6-4-3-5-7-9/h3-7,11H,2,8H2,1H3,(H,14,18). The van der Waals surface area contributed by atoms with Gasteiger partial charge in [-0.25, -0.2) is 4.79 Å². The van der Waals surface area contributed by atoms with Crippen LogP contribution in [0.15, 0.2) is 30.3 Å². The zero-order valence-electron chi connectivity index (χ0n) is 10.5. The van der Waals surface area contributed by atoms with Crippen LogP contribution >= 0.6 is 0 Å². The Morgan fingerprint density at radius 3 is 2.63 bits per heavy atom.